The lowest BCUT2D eigenvalue weighted by atomic mass is 10.1. The molecule has 0 fully saturated rings. The van der Waals surface area contributed by atoms with Gasteiger partial charge in [-0.2, -0.15) is 20.1 Å². The molecule has 9 nitrogen and oxygen atoms in total. The van der Waals surface area contributed by atoms with Crippen LogP contribution in [-0.2, 0) is 27.6 Å². The lowest BCUT2D eigenvalue weighted by molar-refractivity contribution is 0.613. The van der Waals surface area contributed by atoms with Gasteiger partial charge in [0.15, 0.2) is 9.84 Å². The van der Waals surface area contributed by atoms with Crippen molar-refractivity contribution in [3.63, 3.8) is 0 Å². The maximum atomic E-state index is 10.3. The molecule has 0 bridgehead atoms. The fraction of sp³-hybridized carbons (Fsp3) is 0.0227. The van der Waals surface area contributed by atoms with Gasteiger partial charge in [0, 0.05) is 43.4 Å². The molecule has 6 aromatic heterocycles. The third-order valence-electron chi connectivity index (χ3n) is 7.29. The zero-order valence-electron chi connectivity index (χ0n) is 31.3. The first-order chi connectivity index (χ1) is 29.1. The van der Waals surface area contributed by atoms with Gasteiger partial charge in [-0.15, -0.1) is 34.0 Å². The molecule has 1 aliphatic carbocycles. The van der Waals surface area contributed by atoms with Gasteiger partial charge in [0.2, 0.25) is 0 Å². The van der Waals surface area contributed by atoms with E-state index >= 15 is 0 Å². The summed E-state index contributed by atoms with van der Waals surface area (Å²) in [5, 5.41) is 14.7. The van der Waals surface area contributed by atoms with E-state index in [1.807, 2.05) is 70.1 Å². The van der Waals surface area contributed by atoms with Crippen LogP contribution < -0.4 is 0 Å². The second kappa shape index (κ2) is 26.1. The van der Waals surface area contributed by atoms with E-state index in [4.69, 9.17) is 0 Å². The summed E-state index contributed by atoms with van der Waals surface area (Å²) in [7, 11) is -2.91. The molecule has 0 spiro atoms. The van der Waals surface area contributed by atoms with Crippen LogP contribution in [-0.4, -0.2) is 33.3 Å². The molecule has 3 aliphatic rings. The van der Waals surface area contributed by atoms with E-state index in [9.17, 15) is 8.42 Å². The molecule has 12 rings (SSSR count). The topological polar surface area (TPSA) is 123 Å². The summed E-state index contributed by atoms with van der Waals surface area (Å²) in [6, 6.07) is 39.4. The van der Waals surface area contributed by atoms with E-state index in [2.05, 4.69) is 105 Å². The van der Waals surface area contributed by atoms with E-state index in [0.717, 1.165) is 28.6 Å². The molecular formula is C44H37N7O2S6. The van der Waals surface area contributed by atoms with Gasteiger partial charge >= 0.3 is 0 Å². The highest BCUT2D eigenvalue weighted by molar-refractivity contribution is 7.97. The van der Waals surface area contributed by atoms with Gasteiger partial charge in [-0.25, -0.2) is 33.3 Å². The molecule has 2 aliphatic heterocycles. The SMILES string of the molecule is O=S1(=O)C=CC=C1.c1cc2sccc2s1.c1ccc2c(c1)Cc1ccccc1-2.c1ccccc1.c1ccsc1.c1cncnc1.c1ncncn1.c1scc2c1N=S=N2. The minimum atomic E-state index is -2.91. The number of fused-ring (bicyclic) bond motifs is 5. The molecule has 9 aromatic rings. The Balaban J connectivity index is 0.000000131. The predicted octanol–water partition coefficient (Wildman–Crippen LogP) is 12.9. The van der Waals surface area contributed by atoms with Crippen molar-refractivity contribution in [3.8, 4) is 11.1 Å². The van der Waals surface area contributed by atoms with Gasteiger partial charge in [0.1, 0.15) is 36.7 Å². The summed E-state index contributed by atoms with van der Waals surface area (Å²) in [6.45, 7) is 0. The summed E-state index contributed by atoms with van der Waals surface area (Å²) in [4.78, 5) is 18.0. The van der Waals surface area contributed by atoms with Gasteiger partial charge in [-0.05, 0) is 80.5 Å². The van der Waals surface area contributed by atoms with E-state index in [1.165, 1.54) is 80.5 Å². The zero-order chi connectivity index (χ0) is 41.1. The Labute approximate surface area is 363 Å². The lowest BCUT2D eigenvalue weighted by Crippen LogP contribution is -1.80. The number of rotatable bonds is 0. The third kappa shape index (κ3) is 16.8. The van der Waals surface area contributed by atoms with E-state index in [1.54, 1.807) is 63.8 Å². The maximum absolute atomic E-state index is 10.3. The molecule has 15 heteroatoms. The van der Waals surface area contributed by atoms with Crippen molar-refractivity contribution in [1.82, 2.24) is 24.9 Å². The van der Waals surface area contributed by atoms with Crippen molar-refractivity contribution in [1.29, 1.82) is 0 Å². The van der Waals surface area contributed by atoms with E-state index < -0.39 is 9.84 Å². The van der Waals surface area contributed by atoms with Crippen molar-refractivity contribution < 1.29 is 8.42 Å². The van der Waals surface area contributed by atoms with Gasteiger partial charge < -0.3 is 0 Å². The second-order valence-electron chi connectivity index (χ2n) is 11.4. The molecule has 8 heterocycles. The molecule has 3 aromatic carbocycles. The fourth-order valence-corrected chi connectivity index (χ4v) is 9.03. The largest absolute Gasteiger partial charge is 0.245 e. The standard InChI is InChI=1S/C13H10.C6H4S2.C6H6.C4H2N2S2.C4H4N2.C4H4O2S.C4H4S.C3H3N3/c1-3-7-12-10(5-1)9-11-6-2-4-8-13(11)12;1-3-7-6-2-4-8-5(1)6;1-2-4-6-5-3-1;1-3-4(2-7-1)6-8-5-3;1-2-5-4-6-3-1;5-7(6)3-1-2-4-7;1-2-4-5-3-1;1-4-2-6-3-5-1/h1-8H,9H2;1-4H;1-6H;1-2H;1-4H;1-4H;1-4H;1-3H. The van der Waals surface area contributed by atoms with Gasteiger partial charge in [0.05, 0.1) is 11.4 Å². The number of hydrogen-bond acceptors (Lipinski definition) is 13. The lowest BCUT2D eigenvalue weighted by Gasteiger charge is -1.98. The fourth-order valence-electron chi connectivity index (χ4n) is 4.73. The van der Waals surface area contributed by atoms with Crippen molar-refractivity contribution in [2.75, 3.05) is 0 Å². The first-order valence-corrected chi connectivity index (χ1v) is 23.6. The highest BCUT2D eigenvalue weighted by atomic mass is 32.2. The zero-order valence-corrected chi connectivity index (χ0v) is 36.2. The van der Waals surface area contributed by atoms with Crippen molar-refractivity contribution in [2.45, 2.75) is 6.42 Å². The molecule has 0 saturated carbocycles. The van der Waals surface area contributed by atoms with Crippen LogP contribution in [0.4, 0.5) is 11.4 Å². The summed E-state index contributed by atoms with van der Waals surface area (Å²) >= 11 is 8.23. The van der Waals surface area contributed by atoms with Crippen LogP contribution >= 0.6 is 45.3 Å². The van der Waals surface area contributed by atoms with Crippen molar-refractivity contribution >= 4 is 87.3 Å². The molecule has 0 N–H and O–H groups in total. The number of nitrogens with zero attached hydrogens (tertiary/aromatic N) is 7. The highest BCUT2D eigenvalue weighted by Gasteiger charge is 2.15. The molecule has 296 valence electrons. The third-order valence-corrected chi connectivity index (χ3v) is 12.2. The molecule has 0 radical (unpaired) electrons. The van der Waals surface area contributed by atoms with Gasteiger partial charge in [-0.1, -0.05) is 97.1 Å². The van der Waals surface area contributed by atoms with Crippen LogP contribution in [0, 0.1) is 0 Å². The summed E-state index contributed by atoms with van der Waals surface area (Å²) in [5.41, 5.74) is 7.81. The molecule has 0 atom stereocenters. The first-order valence-electron chi connectivity index (χ1n) is 17.6. The highest BCUT2D eigenvalue weighted by Crippen LogP contribution is 2.36. The van der Waals surface area contributed by atoms with Crippen molar-refractivity contribution in [2.24, 2.45) is 8.73 Å². The Bertz CT molecular complexity index is 2410. The van der Waals surface area contributed by atoms with Crippen LogP contribution in [0.2, 0.25) is 0 Å². The molecule has 0 saturated heterocycles. The monoisotopic (exact) mass is 887 g/mol. The minimum absolute atomic E-state index is 1.03. The number of sulfone groups is 1. The Kier molecular flexibility index (Phi) is 19.6. The number of aromatic nitrogens is 5. The van der Waals surface area contributed by atoms with Crippen LogP contribution in [0.3, 0.4) is 0 Å². The normalized spacial score (nSPS) is 11.9. The van der Waals surface area contributed by atoms with E-state index in [-0.39, 0.29) is 0 Å². The smallest absolute Gasteiger partial charge is 0.193 e. The number of hydrogen-bond donors (Lipinski definition) is 0. The van der Waals surface area contributed by atoms with Crippen molar-refractivity contribution in [3.05, 3.63) is 219 Å². The second-order valence-corrected chi connectivity index (χ2v) is 17.1. The molecular weight excluding hydrogens is 851 g/mol. The summed E-state index contributed by atoms with van der Waals surface area (Å²) in [5.74, 6) is 0. The molecule has 0 amide bonds. The molecule has 59 heavy (non-hydrogen) atoms. The predicted molar refractivity (Wildman–Crippen MR) is 250 cm³/mol. The van der Waals surface area contributed by atoms with Crippen LogP contribution in [0.5, 0.6) is 0 Å². The summed E-state index contributed by atoms with van der Waals surface area (Å²) in [6.07, 6.45) is 13.3. The quantitative estimate of drug-likeness (QED) is 0.148. The molecule has 0 unspecified atom stereocenters. The van der Waals surface area contributed by atoms with E-state index in [0.29, 0.717) is 0 Å². The Morgan fingerprint density at radius 3 is 1.27 bits per heavy atom. The van der Waals surface area contributed by atoms with Gasteiger partial charge in [0.25, 0.3) is 0 Å². The average molecular weight is 888 g/mol. The first kappa shape index (κ1) is 44.2. The number of benzene rings is 3. The number of allylic oxidation sites excluding steroid dienone is 2. The number of thiophene rings is 4. The Morgan fingerprint density at radius 1 is 0.458 bits per heavy atom. The Morgan fingerprint density at radius 2 is 0.915 bits per heavy atom. The summed E-state index contributed by atoms with van der Waals surface area (Å²) < 4.78 is 31.4. The maximum Gasteiger partial charge on any atom is 0.193 e. The Hall–Kier alpha value is -5.94. The van der Waals surface area contributed by atoms with Crippen LogP contribution in [0.15, 0.2) is 217 Å². The average Bonchev–Trinajstić information content (AvgIpc) is 4.15. The van der Waals surface area contributed by atoms with Crippen LogP contribution in [0.25, 0.3) is 20.5 Å². The van der Waals surface area contributed by atoms with Gasteiger partial charge in [-0.3, -0.25) is 0 Å². The van der Waals surface area contributed by atoms with Crippen LogP contribution in [0.1, 0.15) is 11.1 Å². The minimum Gasteiger partial charge on any atom is -0.245 e.